The SMILES string of the molecule is N#Cc1cc(NC(=O)COc2cc(Cl)ccc2Cl)ccc1Cl. The predicted molar refractivity (Wildman–Crippen MR) is 86.8 cm³/mol. The molecule has 2 aromatic rings. The van der Waals surface area contributed by atoms with Crippen LogP contribution in [0.25, 0.3) is 0 Å². The number of carbonyl (C=O) groups excluding carboxylic acids is 1. The van der Waals surface area contributed by atoms with E-state index < -0.39 is 5.91 Å². The van der Waals surface area contributed by atoms with Crippen LogP contribution in [0.5, 0.6) is 5.75 Å². The monoisotopic (exact) mass is 354 g/mol. The largest absolute Gasteiger partial charge is 0.482 e. The predicted octanol–water partition coefficient (Wildman–Crippen LogP) is 4.54. The minimum atomic E-state index is -0.401. The second-order valence-corrected chi connectivity index (χ2v) is 5.47. The summed E-state index contributed by atoms with van der Waals surface area (Å²) in [5.74, 6) is -0.0830. The van der Waals surface area contributed by atoms with Crippen LogP contribution in [0.3, 0.4) is 0 Å². The van der Waals surface area contributed by atoms with Crippen LogP contribution < -0.4 is 10.1 Å². The molecule has 1 amide bonds. The number of nitrogens with zero attached hydrogens (tertiary/aromatic N) is 1. The fourth-order valence-electron chi connectivity index (χ4n) is 1.62. The molecule has 22 heavy (non-hydrogen) atoms. The lowest BCUT2D eigenvalue weighted by molar-refractivity contribution is -0.118. The zero-order chi connectivity index (χ0) is 16.1. The van der Waals surface area contributed by atoms with Crippen molar-refractivity contribution >= 4 is 46.4 Å². The highest BCUT2D eigenvalue weighted by atomic mass is 35.5. The molecule has 1 N–H and O–H groups in total. The van der Waals surface area contributed by atoms with E-state index in [4.69, 9.17) is 44.8 Å². The van der Waals surface area contributed by atoms with Gasteiger partial charge in [-0.15, -0.1) is 0 Å². The van der Waals surface area contributed by atoms with Crippen LogP contribution in [-0.2, 0) is 4.79 Å². The molecule has 0 aliphatic carbocycles. The van der Waals surface area contributed by atoms with E-state index in [2.05, 4.69) is 5.32 Å². The summed E-state index contributed by atoms with van der Waals surface area (Å²) in [4.78, 5) is 11.8. The molecule has 0 radical (unpaired) electrons. The van der Waals surface area contributed by atoms with Gasteiger partial charge in [0.25, 0.3) is 5.91 Å². The quantitative estimate of drug-likeness (QED) is 0.876. The number of rotatable bonds is 4. The van der Waals surface area contributed by atoms with Crippen LogP contribution >= 0.6 is 34.8 Å². The first-order chi connectivity index (χ1) is 10.5. The van der Waals surface area contributed by atoms with Gasteiger partial charge in [0.05, 0.1) is 15.6 Å². The fourth-order valence-corrected chi connectivity index (χ4v) is 2.11. The molecule has 0 aliphatic heterocycles. The smallest absolute Gasteiger partial charge is 0.262 e. The Labute approximate surface area is 142 Å². The molecule has 0 spiro atoms. The Morgan fingerprint density at radius 2 is 1.86 bits per heavy atom. The number of ether oxygens (including phenoxy) is 1. The van der Waals surface area contributed by atoms with Crippen molar-refractivity contribution in [2.45, 2.75) is 0 Å². The topological polar surface area (TPSA) is 62.1 Å². The molecule has 0 atom stereocenters. The number of hydrogen-bond donors (Lipinski definition) is 1. The molecular weight excluding hydrogens is 347 g/mol. The lowest BCUT2D eigenvalue weighted by Crippen LogP contribution is -2.20. The first kappa shape index (κ1) is 16.4. The number of anilines is 1. The van der Waals surface area contributed by atoms with Crippen LogP contribution in [0.15, 0.2) is 36.4 Å². The first-order valence-corrected chi connectivity index (χ1v) is 7.20. The third-order valence-electron chi connectivity index (χ3n) is 2.62. The van der Waals surface area contributed by atoms with Crippen molar-refractivity contribution in [2.24, 2.45) is 0 Å². The average Bonchev–Trinajstić information content (AvgIpc) is 2.50. The first-order valence-electron chi connectivity index (χ1n) is 6.07. The van der Waals surface area contributed by atoms with Gasteiger partial charge in [0.15, 0.2) is 6.61 Å². The van der Waals surface area contributed by atoms with Gasteiger partial charge in [0.1, 0.15) is 11.8 Å². The van der Waals surface area contributed by atoms with Gasteiger partial charge in [-0.05, 0) is 30.3 Å². The molecule has 4 nitrogen and oxygen atoms in total. The van der Waals surface area contributed by atoms with Crippen LogP contribution in [0.1, 0.15) is 5.56 Å². The summed E-state index contributed by atoms with van der Waals surface area (Å²) in [6.07, 6.45) is 0. The van der Waals surface area contributed by atoms with Crippen molar-refractivity contribution in [3.05, 3.63) is 57.0 Å². The molecule has 0 aromatic heterocycles. The molecule has 0 saturated carbocycles. The lowest BCUT2D eigenvalue weighted by atomic mass is 10.2. The normalized spacial score (nSPS) is 9.91. The second-order valence-electron chi connectivity index (χ2n) is 4.22. The highest BCUT2D eigenvalue weighted by molar-refractivity contribution is 6.34. The highest BCUT2D eigenvalue weighted by Gasteiger charge is 2.08. The summed E-state index contributed by atoms with van der Waals surface area (Å²) in [6, 6.07) is 11.3. The third kappa shape index (κ3) is 4.28. The molecule has 0 heterocycles. The average molecular weight is 356 g/mol. The van der Waals surface area contributed by atoms with E-state index in [9.17, 15) is 4.79 Å². The maximum absolute atomic E-state index is 11.8. The molecule has 2 aromatic carbocycles. The van der Waals surface area contributed by atoms with Gasteiger partial charge in [0, 0.05) is 16.8 Å². The Kier molecular flexibility index (Phi) is 5.51. The van der Waals surface area contributed by atoms with Gasteiger partial charge in [0.2, 0.25) is 0 Å². The standard InChI is InChI=1S/C15H9Cl3N2O2/c16-10-1-3-13(18)14(6-10)22-8-15(21)20-11-2-4-12(17)9(5-11)7-19/h1-6H,8H2,(H,20,21). The van der Waals surface area contributed by atoms with E-state index in [1.807, 2.05) is 6.07 Å². The molecule has 2 rings (SSSR count). The summed E-state index contributed by atoms with van der Waals surface area (Å²) < 4.78 is 5.31. The zero-order valence-electron chi connectivity index (χ0n) is 11.1. The van der Waals surface area contributed by atoms with Crippen molar-refractivity contribution in [1.29, 1.82) is 5.26 Å². The van der Waals surface area contributed by atoms with Gasteiger partial charge in [-0.1, -0.05) is 34.8 Å². The zero-order valence-corrected chi connectivity index (χ0v) is 13.3. The molecule has 0 saturated heterocycles. The van der Waals surface area contributed by atoms with Crippen molar-refractivity contribution in [2.75, 3.05) is 11.9 Å². The van der Waals surface area contributed by atoms with E-state index in [-0.39, 0.29) is 12.2 Å². The van der Waals surface area contributed by atoms with Gasteiger partial charge in [-0.3, -0.25) is 4.79 Å². The molecule has 0 bridgehead atoms. The van der Waals surface area contributed by atoms with E-state index in [1.54, 1.807) is 18.2 Å². The third-order valence-corrected chi connectivity index (χ3v) is 3.50. The van der Waals surface area contributed by atoms with Crippen LogP contribution in [-0.4, -0.2) is 12.5 Å². The molecular formula is C15H9Cl3N2O2. The van der Waals surface area contributed by atoms with Gasteiger partial charge >= 0.3 is 0 Å². The summed E-state index contributed by atoms with van der Waals surface area (Å²) in [7, 11) is 0. The number of hydrogen-bond acceptors (Lipinski definition) is 3. The Morgan fingerprint density at radius 3 is 2.59 bits per heavy atom. The minimum absolute atomic E-state index is 0.245. The lowest BCUT2D eigenvalue weighted by Gasteiger charge is -2.09. The number of benzene rings is 2. The molecule has 0 fully saturated rings. The second kappa shape index (κ2) is 7.37. The van der Waals surface area contributed by atoms with Crippen LogP contribution in [0.2, 0.25) is 15.1 Å². The number of amides is 1. The van der Waals surface area contributed by atoms with Crippen LogP contribution in [0.4, 0.5) is 5.69 Å². The summed E-state index contributed by atoms with van der Waals surface area (Å²) in [5.41, 5.74) is 0.727. The van der Waals surface area contributed by atoms with E-state index >= 15 is 0 Å². The summed E-state index contributed by atoms with van der Waals surface area (Å²) >= 11 is 17.6. The van der Waals surface area contributed by atoms with Crippen LogP contribution in [0, 0.1) is 11.3 Å². The number of carbonyl (C=O) groups is 1. The van der Waals surface area contributed by atoms with Crippen molar-refractivity contribution in [3.8, 4) is 11.8 Å². The molecule has 7 heteroatoms. The fraction of sp³-hybridized carbons (Fsp3) is 0.0667. The van der Waals surface area contributed by atoms with Crippen molar-refractivity contribution < 1.29 is 9.53 Å². The van der Waals surface area contributed by atoms with E-state index in [0.29, 0.717) is 26.5 Å². The Hall–Kier alpha value is -1.93. The summed E-state index contributed by atoms with van der Waals surface area (Å²) in [6.45, 7) is -0.245. The minimum Gasteiger partial charge on any atom is -0.482 e. The van der Waals surface area contributed by atoms with Gasteiger partial charge in [-0.25, -0.2) is 0 Å². The molecule has 112 valence electrons. The van der Waals surface area contributed by atoms with E-state index in [1.165, 1.54) is 18.2 Å². The maximum atomic E-state index is 11.8. The number of halogens is 3. The van der Waals surface area contributed by atoms with Gasteiger partial charge < -0.3 is 10.1 Å². The number of nitrogens with one attached hydrogen (secondary N) is 1. The maximum Gasteiger partial charge on any atom is 0.262 e. The summed E-state index contributed by atoms with van der Waals surface area (Å²) in [5, 5.41) is 12.6. The Balaban J connectivity index is 1.99. The molecule has 0 unspecified atom stereocenters. The Morgan fingerprint density at radius 1 is 1.14 bits per heavy atom. The van der Waals surface area contributed by atoms with Crippen molar-refractivity contribution in [1.82, 2.24) is 0 Å². The van der Waals surface area contributed by atoms with Crippen molar-refractivity contribution in [3.63, 3.8) is 0 Å². The van der Waals surface area contributed by atoms with E-state index in [0.717, 1.165) is 0 Å². The molecule has 0 aliphatic rings. The highest BCUT2D eigenvalue weighted by Crippen LogP contribution is 2.27. The Bertz CT molecular complexity index is 757. The number of nitriles is 1. The van der Waals surface area contributed by atoms with Gasteiger partial charge in [-0.2, -0.15) is 5.26 Å².